The first-order chi connectivity index (χ1) is 19.0. The highest BCUT2D eigenvalue weighted by Gasteiger charge is 2.42. The molecule has 0 aromatic heterocycles. The molecule has 2 N–H and O–H groups in total. The summed E-state index contributed by atoms with van der Waals surface area (Å²) in [5.74, 6) is 0. The summed E-state index contributed by atoms with van der Waals surface area (Å²) in [6.45, 7) is 4.44. The van der Waals surface area contributed by atoms with Gasteiger partial charge in [-0.25, -0.2) is 0 Å². The third kappa shape index (κ3) is 18.7. The van der Waals surface area contributed by atoms with Gasteiger partial charge in [0.2, 0.25) is 0 Å². The van der Waals surface area contributed by atoms with Crippen LogP contribution < -0.4 is 0 Å². The van der Waals surface area contributed by atoms with E-state index < -0.39 is 24.4 Å². The molecular weight excluding hydrogens is 528 g/mol. The number of unbranched alkanes of at least 4 members (excludes halogenated alkanes) is 18. The summed E-state index contributed by atoms with van der Waals surface area (Å²) in [6.07, 6.45) is 23.8. The maximum atomic E-state index is 11.0. The average molecular weight is 589 g/mol. The lowest BCUT2D eigenvalue weighted by molar-refractivity contribution is -0.186. The van der Waals surface area contributed by atoms with Crippen LogP contribution in [-0.4, -0.2) is 57.9 Å². The van der Waals surface area contributed by atoms with E-state index in [1.165, 1.54) is 103 Å². The third-order valence-electron chi connectivity index (χ3n) is 7.76. The lowest BCUT2D eigenvalue weighted by Crippen LogP contribution is -2.56. The summed E-state index contributed by atoms with van der Waals surface area (Å²) < 4.78 is 17.6. The topological polar surface area (TPSA) is 68.2 Å². The van der Waals surface area contributed by atoms with Crippen LogP contribution in [0.1, 0.15) is 155 Å². The van der Waals surface area contributed by atoms with Crippen molar-refractivity contribution in [3.05, 3.63) is 0 Å². The molecule has 7 heteroatoms. The van der Waals surface area contributed by atoms with E-state index in [4.69, 9.17) is 38.6 Å². The average Bonchev–Trinajstić information content (AvgIpc) is 2.93. The molecule has 1 saturated heterocycles. The molecule has 5 nitrogen and oxygen atoms in total. The maximum absolute atomic E-state index is 11.0. The van der Waals surface area contributed by atoms with Gasteiger partial charge in [0.15, 0.2) is 22.3 Å². The van der Waals surface area contributed by atoms with E-state index in [0.717, 1.165) is 25.7 Å². The highest BCUT2D eigenvalue weighted by Crippen LogP contribution is 2.23. The quantitative estimate of drug-likeness (QED) is 0.0816. The second-order valence-corrected chi connectivity index (χ2v) is 12.3. The fraction of sp³-hybridized carbons (Fsp3) is 0.938. The first-order valence-electron chi connectivity index (χ1n) is 16.3. The Morgan fingerprint density at radius 2 is 1.03 bits per heavy atom. The van der Waals surface area contributed by atoms with Gasteiger partial charge in [-0.3, -0.25) is 0 Å². The molecule has 0 amide bonds. The Balaban J connectivity index is 2.21. The van der Waals surface area contributed by atoms with Crippen LogP contribution in [0.4, 0.5) is 0 Å². The zero-order chi connectivity index (χ0) is 28.6. The Morgan fingerprint density at radius 1 is 0.641 bits per heavy atom. The molecule has 4 atom stereocenters. The van der Waals surface area contributed by atoms with Gasteiger partial charge in [-0.15, -0.1) is 0 Å². The number of thiocarbonyl (C=S) groups is 2. The van der Waals surface area contributed by atoms with Crippen molar-refractivity contribution in [2.24, 2.45) is 0 Å². The van der Waals surface area contributed by atoms with E-state index in [1.807, 2.05) is 0 Å². The van der Waals surface area contributed by atoms with Crippen LogP contribution in [0.15, 0.2) is 0 Å². The van der Waals surface area contributed by atoms with Gasteiger partial charge in [0.1, 0.15) is 12.2 Å². The number of hydrogen-bond acceptors (Lipinski definition) is 7. The summed E-state index contributed by atoms with van der Waals surface area (Å²) in [5.41, 5.74) is 0. The van der Waals surface area contributed by atoms with Crippen molar-refractivity contribution in [3.8, 4) is 0 Å². The predicted octanol–water partition coefficient (Wildman–Crippen LogP) is 8.79. The number of aliphatic hydroxyl groups is 2. The Morgan fingerprint density at radius 3 is 1.44 bits per heavy atom. The Labute approximate surface area is 251 Å². The van der Waals surface area contributed by atoms with Gasteiger partial charge in [0.05, 0.1) is 13.2 Å². The monoisotopic (exact) mass is 588 g/mol. The Kier molecular flexibility index (Phi) is 23.9. The highest BCUT2D eigenvalue weighted by molar-refractivity contribution is 7.80. The van der Waals surface area contributed by atoms with E-state index in [1.54, 1.807) is 0 Å². The number of rotatable bonds is 25. The van der Waals surface area contributed by atoms with Gasteiger partial charge in [-0.2, -0.15) is 0 Å². The van der Waals surface area contributed by atoms with Crippen LogP contribution in [0.2, 0.25) is 0 Å². The zero-order valence-electron chi connectivity index (χ0n) is 25.2. The molecule has 0 unspecified atom stereocenters. The van der Waals surface area contributed by atoms with Crippen LogP contribution in [-0.2, 0) is 14.2 Å². The SMILES string of the molecule is CCCCCCCCCCCCC(=S)O[C@@H]1[C@@H](O)[C@H](OC(=S)CCCCCCCCCCCC)CO[C@H]1CO. The lowest BCUT2D eigenvalue weighted by atomic mass is 10.00. The van der Waals surface area contributed by atoms with Crippen molar-refractivity contribution in [1.29, 1.82) is 0 Å². The largest absolute Gasteiger partial charge is 0.479 e. The van der Waals surface area contributed by atoms with Crippen LogP contribution in [0.5, 0.6) is 0 Å². The van der Waals surface area contributed by atoms with Crippen molar-refractivity contribution in [2.75, 3.05) is 13.2 Å². The molecule has 1 aliphatic rings. The van der Waals surface area contributed by atoms with Crippen LogP contribution in [0.25, 0.3) is 0 Å². The lowest BCUT2D eigenvalue weighted by Gasteiger charge is -2.39. The standard InChI is InChI=1S/C32H60O5S2/c1-3-5-7-9-11-13-15-17-19-21-23-29(38)36-28-26-35-27(25-33)32(31(28)34)37-30(39)24-22-20-18-16-14-12-10-8-6-4-2/h27-28,31-34H,3-26H2,1-2H3/t27-,28+,31-,32-/m0/s1. The van der Waals surface area contributed by atoms with E-state index >= 15 is 0 Å². The van der Waals surface area contributed by atoms with E-state index in [2.05, 4.69) is 13.8 Å². The summed E-state index contributed by atoms with van der Waals surface area (Å²) >= 11 is 10.9. The molecule has 1 fully saturated rings. The number of aliphatic hydroxyl groups excluding tert-OH is 2. The van der Waals surface area contributed by atoms with Crippen molar-refractivity contribution < 1.29 is 24.4 Å². The minimum Gasteiger partial charge on any atom is -0.479 e. The third-order valence-corrected chi connectivity index (χ3v) is 8.36. The minimum absolute atomic E-state index is 0.176. The number of ether oxygens (including phenoxy) is 3. The van der Waals surface area contributed by atoms with Gasteiger partial charge in [0, 0.05) is 12.8 Å². The molecule has 1 heterocycles. The molecule has 0 saturated carbocycles. The maximum Gasteiger partial charge on any atom is 0.160 e. The molecule has 0 bridgehead atoms. The van der Waals surface area contributed by atoms with Crippen molar-refractivity contribution in [3.63, 3.8) is 0 Å². The molecule has 230 valence electrons. The second-order valence-electron chi connectivity index (χ2n) is 11.4. The molecule has 0 aliphatic carbocycles. The number of hydrogen-bond donors (Lipinski definition) is 2. The van der Waals surface area contributed by atoms with E-state index in [-0.39, 0.29) is 13.2 Å². The highest BCUT2D eigenvalue weighted by atomic mass is 32.1. The molecule has 0 radical (unpaired) electrons. The molecule has 0 aromatic carbocycles. The molecule has 0 spiro atoms. The van der Waals surface area contributed by atoms with E-state index in [0.29, 0.717) is 22.9 Å². The van der Waals surface area contributed by atoms with Crippen molar-refractivity contribution in [2.45, 2.75) is 180 Å². The smallest absolute Gasteiger partial charge is 0.160 e. The molecule has 1 aliphatic heterocycles. The second kappa shape index (κ2) is 25.4. The first-order valence-corrected chi connectivity index (χ1v) is 17.1. The molecule has 1 rings (SSSR count). The molecular formula is C32H60O5S2. The summed E-state index contributed by atoms with van der Waals surface area (Å²) in [4.78, 5) is 0. The van der Waals surface area contributed by atoms with Gasteiger partial charge in [-0.1, -0.05) is 129 Å². The fourth-order valence-corrected chi connectivity index (χ4v) is 5.72. The Hall–Kier alpha value is -0.340. The van der Waals surface area contributed by atoms with Gasteiger partial charge >= 0.3 is 0 Å². The summed E-state index contributed by atoms with van der Waals surface area (Å²) in [5, 5.41) is 21.7. The fourth-order valence-electron chi connectivity index (χ4n) is 5.20. The Bertz CT molecular complexity index is 603. The summed E-state index contributed by atoms with van der Waals surface area (Å²) in [6, 6.07) is 0. The summed E-state index contributed by atoms with van der Waals surface area (Å²) in [7, 11) is 0. The van der Waals surface area contributed by atoms with Crippen LogP contribution >= 0.6 is 24.4 Å². The zero-order valence-corrected chi connectivity index (χ0v) is 26.8. The predicted molar refractivity (Wildman–Crippen MR) is 171 cm³/mol. The molecule has 39 heavy (non-hydrogen) atoms. The van der Waals surface area contributed by atoms with Gasteiger partial charge in [-0.05, 0) is 37.3 Å². The van der Waals surface area contributed by atoms with Crippen LogP contribution in [0.3, 0.4) is 0 Å². The first kappa shape index (κ1) is 36.7. The van der Waals surface area contributed by atoms with Gasteiger partial charge in [0.25, 0.3) is 0 Å². The minimum atomic E-state index is -0.952. The van der Waals surface area contributed by atoms with Crippen LogP contribution in [0, 0.1) is 0 Å². The van der Waals surface area contributed by atoms with Crippen molar-refractivity contribution in [1.82, 2.24) is 0 Å². The molecule has 0 aromatic rings. The van der Waals surface area contributed by atoms with E-state index in [9.17, 15) is 10.2 Å². The van der Waals surface area contributed by atoms with Crippen molar-refractivity contribution >= 4 is 34.5 Å². The van der Waals surface area contributed by atoms with Gasteiger partial charge < -0.3 is 24.4 Å². The normalized spacial score (nSPS) is 21.1.